The fourth-order valence-corrected chi connectivity index (χ4v) is 1.65. The first-order valence-corrected chi connectivity index (χ1v) is 5.14. The third-order valence-corrected chi connectivity index (χ3v) is 2.43. The molecule has 80 valence electrons. The van der Waals surface area contributed by atoms with E-state index >= 15 is 0 Å². The molecule has 1 saturated heterocycles. The van der Waals surface area contributed by atoms with Gasteiger partial charge in [0.2, 0.25) is 0 Å². The molecule has 0 bridgehead atoms. The summed E-state index contributed by atoms with van der Waals surface area (Å²) in [7, 11) is 2.03. The Morgan fingerprint density at radius 3 is 3.07 bits per heavy atom. The maximum absolute atomic E-state index is 8.12. The SMILES string of the molecule is CN(CCN=[N+]=[N-])CC1CCCCO1. The van der Waals surface area contributed by atoms with Crippen LogP contribution >= 0.6 is 0 Å². The highest BCUT2D eigenvalue weighted by Crippen LogP contribution is 2.13. The molecule has 1 atom stereocenters. The monoisotopic (exact) mass is 198 g/mol. The Bertz CT molecular complexity index is 197. The molecule has 1 fully saturated rings. The lowest BCUT2D eigenvalue weighted by Crippen LogP contribution is -2.34. The second-order valence-corrected chi connectivity index (χ2v) is 3.71. The highest BCUT2D eigenvalue weighted by atomic mass is 16.5. The lowest BCUT2D eigenvalue weighted by Gasteiger charge is -2.26. The molecule has 0 spiro atoms. The van der Waals surface area contributed by atoms with Gasteiger partial charge in [0.15, 0.2) is 0 Å². The van der Waals surface area contributed by atoms with Gasteiger partial charge in [-0.2, -0.15) is 0 Å². The van der Waals surface area contributed by atoms with Crippen LogP contribution in [0.25, 0.3) is 10.4 Å². The Balaban J connectivity index is 2.11. The Hall–Kier alpha value is -0.770. The molecule has 0 N–H and O–H groups in total. The van der Waals surface area contributed by atoms with Gasteiger partial charge in [0, 0.05) is 31.2 Å². The highest BCUT2D eigenvalue weighted by Gasteiger charge is 2.15. The number of nitrogens with zero attached hydrogens (tertiary/aromatic N) is 4. The Labute approximate surface area is 84.7 Å². The smallest absolute Gasteiger partial charge is 0.0701 e. The summed E-state index contributed by atoms with van der Waals surface area (Å²) in [5.41, 5.74) is 8.12. The van der Waals surface area contributed by atoms with Gasteiger partial charge in [-0.1, -0.05) is 5.11 Å². The summed E-state index contributed by atoms with van der Waals surface area (Å²) in [6, 6.07) is 0. The maximum atomic E-state index is 8.12. The number of rotatable bonds is 5. The topological polar surface area (TPSA) is 61.2 Å². The molecule has 0 aromatic carbocycles. The molecule has 14 heavy (non-hydrogen) atoms. The lowest BCUT2D eigenvalue weighted by molar-refractivity contribution is -0.000955. The summed E-state index contributed by atoms with van der Waals surface area (Å²) >= 11 is 0. The average Bonchev–Trinajstić information content (AvgIpc) is 2.20. The van der Waals surface area contributed by atoms with Gasteiger partial charge in [0.25, 0.3) is 0 Å². The van der Waals surface area contributed by atoms with Gasteiger partial charge < -0.3 is 9.64 Å². The third-order valence-electron chi connectivity index (χ3n) is 2.43. The van der Waals surface area contributed by atoms with Gasteiger partial charge in [-0.05, 0) is 31.8 Å². The largest absolute Gasteiger partial charge is 0.377 e. The van der Waals surface area contributed by atoms with Gasteiger partial charge in [-0.15, -0.1) is 0 Å². The van der Waals surface area contributed by atoms with Crippen LogP contribution in [0.1, 0.15) is 19.3 Å². The Morgan fingerprint density at radius 1 is 1.57 bits per heavy atom. The quantitative estimate of drug-likeness (QED) is 0.384. The van der Waals surface area contributed by atoms with E-state index in [2.05, 4.69) is 14.9 Å². The fourth-order valence-electron chi connectivity index (χ4n) is 1.65. The van der Waals surface area contributed by atoms with Gasteiger partial charge in [-0.3, -0.25) is 0 Å². The fraction of sp³-hybridized carbons (Fsp3) is 1.00. The van der Waals surface area contributed by atoms with Gasteiger partial charge in [0.05, 0.1) is 6.10 Å². The third kappa shape index (κ3) is 4.46. The van der Waals surface area contributed by atoms with E-state index in [0.717, 1.165) is 26.1 Å². The van der Waals surface area contributed by atoms with E-state index in [9.17, 15) is 0 Å². The normalized spacial score (nSPS) is 22.0. The minimum absolute atomic E-state index is 0.375. The summed E-state index contributed by atoms with van der Waals surface area (Å²) in [5, 5.41) is 3.50. The molecule has 0 amide bonds. The first-order chi connectivity index (χ1) is 6.83. The van der Waals surface area contributed by atoms with Crippen molar-refractivity contribution in [1.29, 1.82) is 0 Å². The predicted molar refractivity (Wildman–Crippen MR) is 55.1 cm³/mol. The van der Waals surface area contributed by atoms with Crippen LogP contribution in [0.5, 0.6) is 0 Å². The predicted octanol–water partition coefficient (Wildman–Crippen LogP) is 1.80. The van der Waals surface area contributed by atoms with E-state index in [1.165, 1.54) is 12.8 Å². The second kappa shape index (κ2) is 6.65. The molecule has 5 heteroatoms. The number of azide groups is 1. The van der Waals surface area contributed by atoms with Crippen LogP contribution in [-0.2, 0) is 4.74 Å². The van der Waals surface area contributed by atoms with E-state index in [0.29, 0.717) is 12.6 Å². The molecule has 0 aromatic heterocycles. The Kier molecular flexibility index (Phi) is 5.37. The molecular formula is C9H18N4O. The van der Waals surface area contributed by atoms with Crippen molar-refractivity contribution in [2.75, 3.05) is 33.3 Å². The molecular weight excluding hydrogens is 180 g/mol. The van der Waals surface area contributed by atoms with Gasteiger partial charge in [-0.25, -0.2) is 0 Å². The molecule has 0 radical (unpaired) electrons. The van der Waals surface area contributed by atoms with E-state index < -0.39 is 0 Å². The second-order valence-electron chi connectivity index (χ2n) is 3.71. The number of ether oxygens (including phenoxy) is 1. The molecule has 0 aliphatic carbocycles. The molecule has 0 aromatic rings. The van der Waals surface area contributed by atoms with Crippen molar-refractivity contribution < 1.29 is 4.74 Å². The summed E-state index contributed by atoms with van der Waals surface area (Å²) in [6.07, 6.45) is 4.00. The van der Waals surface area contributed by atoms with E-state index in [1.54, 1.807) is 0 Å². The summed E-state index contributed by atoms with van der Waals surface area (Å²) in [4.78, 5) is 4.88. The highest BCUT2D eigenvalue weighted by molar-refractivity contribution is 4.68. The number of likely N-dealkylation sites (N-methyl/N-ethyl adjacent to an activating group) is 1. The number of hydrogen-bond donors (Lipinski definition) is 0. The zero-order chi connectivity index (χ0) is 10.2. The molecule has 1 rings (SSSR count). The van der Waals surface area contributed by atoms with E-state index in [-0.39, 0.29) is 0 Å². The minimum Gasteiger partial charge on any atom is -0.377 e. The molecule has 1 aliphatic rings. The maximum Gasteiger partial charge on any atom is 0.0701 e. The van der Waals surface area contributed by atoms with Crippen molar-refractivity contribution in [3.05, 3.63) is 10.4 Å². The van der Waals surface area contributed by atoms with Crippen LogP contribution in [0, 0.1) is 0 Å². The molecule has 5 nitrogen and oxygen atoms in total. The molecule has 1 unspecified atom stereocenters. The summed E-state index contributed by atoms with van der Waals surface area (Å²) in [5.74, 6) is 0. The zero-order valence-electron chi connectivity index (χ0n) is 8.72. The van der Waals surface area contributed by atoms with Crippen molar-refractivity contribution in [3.8, 4) is 0 Å². The van der Waals surface area contributed by atoms with Crippen molar-refractivity contribution in [3.63, 3.8) is 0 Å². The molecule has 1 heterocycles. The zero-order valence-corrected chi connectivity index (χ0v) is 8.72. The van der Waals surface area contributed by atoms with Crippen LogP contribution in [0.3, 0.4) is 0 Å². The van der Waals surface area contributed by atoms with Gasteiger partial charge >= 0.3 is 0 Å². The molecule has 0 saturated carbocycles. The van der Waals surface area contributed by atoms with Crippen molar-refractivity contribution in [1.82, 2.24) is 4.90 Å². The lowest BCUT2D eigenvalue weighted by atomic mass is 10.1. The summed E-state index contributed by atoms with van der Waals surface area (Å²) < 4.78 is 5.61. The molecule has 1 aliphatic heterocycles. The average molecular weight is 198 g/mol. The van der Waals surface area contributed by atoms with E-state index in [4.69, 9.17) is 10.3 Å². The summed E-state index contributed by atoms with van der Waals surface area (Å²) in [6.45, 7) is 3.19. The van der Waals surface area contributed by atoms with Crippen molar-refractivity contribution in [2.24, 2.45) is 5.11 Å². The standard InChI is InChI=1S/C9H18N4O/c1-13(6-5-11-12-10)8-9-4-2-3-7-14-9/h9H,2-8H2,1H3. The Morgan fingerprint density at radius 2 is 2.43 bits per heavy atom. The first-order valence-electron chi connectivity index (χ1n) is 5.14. The van der Waals surface area contributed by atoms with E-state index in [1.807, 2.05) is 7.05 Å². The van der Waals surface area contributed by atoms with Crippen LogP contribution in [0.4, 0.5) is 0 Å². The van der Waals surface area contributed by atoms with Crippen LogP contribution < -0.4 is 0 Å². The van der Waals surface area contributed by atoms with Crippen LogP contribution in [0.2, 0.25) is 0 Å². The number of hydrogen-bond acceptors (Lipinski definition) is 3. The van der Waals surface area contributed by atoms with Crippen LogP contribution in [-0.4, -0.2) is 44.3 Å². The first kappa shape index (κ1) is 11.3. The minimum atomic E-state index is 0.375. The van der Waals surface area contributed by atoms with Crippen molar-refractivity contribution in [2.45, 2.75) is 25.4 Å². The van der Waals surface area contributed by atoms with Gasteiger partial charge in [0.1, 0.15) is 0 Å². The van der Waals surface area contributed by atoms with Crippen molar-refractivity contribution >= 4 is 0 Å². The van der Waals surface area contributed by atoms with Crippen LogP contribution in [0.15, 0.2) is 5.11 Å².